The Kier molecular flexibility index (Phi) is 9.22. The predicted molar refractivity (Wildman–Crippen MR) is 89.2 cm³/mol. The number of halogens is 3. The average molecular weight is 339 g/mol. The van der Waals surface area contributed by atoms with Crippen LogP contribution in [0.2, 0.25) is 0 Å². The van der Waals surface area contributed by atoms with Crippen molar-refractivity contribution in [2.45, 2.75) is 26.3 Å². The highest BCUT2D eigenvalue weighted by atomic mass is 35.5. The minimum atomic E-state index is -0.302. The Morgan fingerprint density at radius 3 is 2.38 bits per heavy atom. The Morgan fingerprint density at radius 2 is 1.86 bits per heavy atom. The number of aromatic hydroxyl groups is 1. The summed E-state index contributed by atoms with van der Waals surface area (Å²) in [6.45, 7) is 8.11. The molecule has 0 aromatic heterocycles. The van der Waals surface area contributed by atoms with Gasteiger partial charge in [0.05, 0.1) is 0 Å². The standard InChI is InChI=1S/C15H23FN2O.2ClH/c1-11(2)9-15(18-7-5-17-6-8-18)13-4-3-12(19)10-14(13)16;;/h3-4,10-11,15,17,19H,5-9H2,1-2H3;2*1H/t15-;;/m1../s1. The van der Waals surface area contributed by atoms with Gasteiger partial charge in [0, 0.05) is 43.9 Å². The van der Waals surface area contributed by atoms with Crippen LogP contribution in [0.4, 0.5) is 4.39 Å². The first-order chi connectivity index (χ1) is 9.08. The fraction of sp³-hybridized carbons (Fsp3) is 0.600. The van der Waals surface area contributed by atoms with Gasteiger partial charge in [0.1, 0.15) is 11.6 Å². The summed E-state index contributed by atoms with van der Waals surface area (Å²) in [5.74, 6) is 0.196. The van der Waals surface area contributed by atoms with E-state index in [1.807, 2.05) is 0 Å². The van der Waals surface area contributed by atoms with Gasteiger partial charge in [-0.3, -0.25) is 4.90 Å². The van der Waals surface area contributed by atoms with E-state index >= 15 is 0 Å². The van der Waals surface area contributed by atoms with E-state index in [0.717, 1.165) is 32.6 Å². The molecule has 2 rings (SSSR count). The van der Waals surface area contributed by atoms with Gasteiger partial charge in [-0.15, -0.1) is 24.8 Å². The van der Waals surface area contributed by atoms with Crippen LogP contribution in [0.1, 0.15) is 31.9 Å². The Morgan fingerprint density at radius 1 is 1.24 bits per heavy atom. The Balaban J connectivity index is 0.00000200. The maximum Gasteiger partial charge on any atom is 0.131 e. The normalized spacial score (nSPS) is 17.0. The maximum atomic E-state index is 14.1. The van der Waals surface area contributed by atoms with Crippen LogP contribution in [0.25, 0.3) is 0 Å². The molecule has 0 radical (unpaired) electrons. The number of rotatable bonds is 4. The topological polar surface area (TPSA) is 35.5 Å². The third kappa shape index (κ3) is 5.62. The molecule has 0 aliphatic carbocycles. The second-order valence-corrected chi connectivity index (χ2v) is 5.64. The van der Waals surface area contributed by atoms with E-state index in [4.69, 9.17) is 0 Å². The zero-order valence-corrected chi connectivity index (χ0v) is 14.1. The molecule has 1 atom stereocenters. The van der Waals surface area contributed by atoms with Gasteiger partial charge < -0.3 is 10.4 Å². The van der Waals surface area contributed by atoms with Gasteiger partial charge in [0.25, 0.3) is 0 Å². The van der Waals surface area contributed by atoms with Crippen LogP contribution in [0.15, 0.2) is 18.2 Å². The van der Waals surface area contributed by atoms with E-state index in [9.17, 15) is 9.50 Å². The van der Waals surface area contributed by atoms with E-state index in [1.165, 1.54) is 6.07 Å². The molecule has 122 valence electrons. The van der Waals surface area contributed by atoms with Gasteiger partial charge in [-0.1, -0.05) is 19.9 Å². The quantitative estimate of drug-likeness (QED) is 0.883. The number of phenolic OH excluding ortho intramolecular Hbond substituents is 1. The third-order valence-corrected chi connectivity index (χ3v) is 3.63. The van der Waals surface area contributed by atoms with Gasteiger partial charge in [0.2, 0.25) is 0 Å². The second kappa shape index (κ2) is 9.46. The molecule has 1 aromatic rings. The van der Waals surface area contributed by atoms with E-state index in [0.29, 0.717) is 11.5 Å². The number of phenols is 1. The first-order valence-electron chi connectivity index (χ1n) is 7.01. The highest BCUT2D eigenvalue weighted by molar-refractivity contribution is 5.85. The van der Waals surface area contributed by atoms with E-state index in [2.05, 4.69) is 24.1 Å². The largest absolute Gasteiger partial charge is 0.508 e. The molecule has 0 amide bonds. The summed E-state index contributed by atoms with van der Waals surface area (Å²) in [5, 5.41) is 12.7. The molecule has 0 unspecified atom stereocenters. The molecule has 1 heterocycles. The van der Waals surface area contributed by atoms with Gasteiger partial charge in [-0.25, -0.2) is 4.39 Å². The number of benzene rings is 1. The van der Waals surface area contributed by atoms with Crippen molar-refractivity contribution in [3.05, 3.63) is 29.6 Å². The molecular weight excluding hydrogens is 314 g/mol. The molecule has 1 saturated heterocycles. The molecule has 1 aliphatic rings. The fourth-order valence-corrected chi connectivity index (χ4v) is 2.70. The molecule has 1 aliphatic heterocycles. The lowest BCUT2D eigenvalue weighted by Crippen LogP contribution is -2.45. The van der Waals surface area contributed by atoms with Crippen LogP contribution in [0, 0.1) is 11.7 Å². The maximum absolute atomic E-state index is 14.1. The molecule has 0 spiro atoms. The van der Waals surface area contributed by atoms with Crippen LogP contribution >= 0.6 is 24.8 Å². The smallest absolute Gasteiger partial charge is 0.131 e. The van der Waals surface area contributed by atoms with Crippen molar-refractivity contribution in [1.29, 1.82) is 0 Å². The van der Waals surface area contributed by atoms with Crippen LogP contribution in [-0.2, 0) is 0 Å². The van der Waals surface area contributed by atoms with Gasteiger partial charge in [0.15, 0.2) is 0 Å². The first-order valence-corrected chi connectivity index (χ1v) is 7.01. The summed E-state index contributed by atoms with van der Waals surface area (Å²) in [4.78, 5) is 2.34. The summed E-state index contributed by atoms with van der Waals surface area (Å²) >= 11 is 0. The molecule has 1 fully saturated rings. The monoisotopic (exact) mass is 338 g/mol. The molecule has 3 nitrogen and oxygen atoms in total. The van der Waals surface area contributed by atoms with Gasteiger partial charge in [-0.2, -0.15) is 0 Å². The zero-order chi connectivity index (χ0) is 13.8. The molecule has 0 saturated carbocycles. The zero-order valence-electron chi connectivity index (χ0n) is 12.5. The van der Waals surface area contributed by atoms with Crippen molar-refractivity contribution in [3.63, 3.8) is 0 Å². The first kappa shape index (κ1) is 20.5. The highest BCUT2D eigenvalue weighted by Crippen LogP contribution is 2.31. The molecular formula is C15H25Cl2FN2O. The van der Waals surface area contributed by atoms with Crippen LogP contribution < -0.4 is 5.32 Å². The lowest BCUT2D eigenvalue weighted by Gasteiger charge is -2.36. The lowest BCUT2D eigenvalue weighted by molar-refractivity contribution is 0.151. The predicted octanol–water partition coefficient (Wildman–Crippen LogP) is 3.37. The van der Waals surface area contributed by atoms with Crippen molar-refractivity contribution in [2.75, 3.05) is 26.2 Å². The molecule has 21 heavy (non-hydrogen) atoms. The average Bonchev–Trinajstić information content (AvgIpc) is 2.37. The summed E-state index contributed by atoms with van der Waals surface area (Å²) in [5.41, 5.74) is 0.702. The Hall–Kier alpha value is -0.550. The minimum absolute atomic E-state index is 0. The van der Waals surface area contributed by atoms with Crippen LogP contribution in [0.3, 0.4) is 0 Å². The van der Waals surface area contributed by atoms with Crippen molar-refractivity contribution >= 4 is 24.8 Å². The van der Waals surface area contributed by atoms with Crippen molar-refractivity contribution in [2.24, 2.45) is 5.92 Å². The molecule has 0 bridgehead atoms. The number of hydrogen-bond donors (Lipinski definition) is 2. The number of nitrogens with zero attached hydrogens (tertiary/aromatic N) is 1. The number of piperazine rings is 1. The summed E-state index contributed by atoms with van der Waals surface area (Å²) < 4.78 is 14.1. The van der Waals surface area contributed by atoms with Crippen LogP contribution in [0.5, 0.6) is 5.75 Å². The number of nitrogens with one attached hydrogen (secondary N) is 1. The molecule has 1 aromatic carbocycles. The van der Waals surface area contributed by atoms with Crippen molar-refractivity contribution < 1.29 is 9.50 Å². The van der Waals surface area contributed by atoms with E-state index in [-0.39, 0.29) is 42.4 Å². The van der Waals surface area contributed by atoms with E-state index in [1.54, 1.807) is 12.1 Å². The Bertz CT molecular complexity index is 426. The minimum Gasteiger partial charge on any atom is -0.508 e. The number of hydrogen-bond acceptors (Lipinski definition) is 3. The van der Waals surface area contributed by atoms with E-state index < -0.39 is 0 Å². The SMILES string of the molecule is CC(C)C[C@H](c1ccc(O)cc1F)N1CCNCC1.Cl.Cl. The summed E-state index contributed by atoms with van der Waals surface area (Å²) in [6.07, 6.45) is 0.932. The molecule has 6 heteroatoms. The van der Waals surface area contributed by atoms with Gasteiger partial charge in [-0.05, 0) is 18.4 Å². The lowest BCUT2D eigenvalue weighted by atomic mass is 9.94. The third-order valence-electron chi connectivity index (χ3n) is 3.63. The fourth-order valence-electron chi connectivity index (χ4n) is 2.70. The summed E-state index contributed by atoms with van der Waals surface area (Å²) in [6, 6.07) is 4.61. The Labute approximate surface area is 138 Å². The van der Waals surface area contributed by atoms with Crippen molar-refractivity contribution in [3.8, 4) is 5.75 Å². The van der Waals surface area contributed by atoms with Gasteiger partial charge >= 0.3 is 0 Å². The second-order valence-electron chi connectivity index (χ2n) is 5.64. The molecule has 2 N–H and O–H groups in total. The van der Waals surface area contributed by atoms with Crippen molar-refractivity contribution in [1.82, 2.24) is 10.2 Å². The highest BCUT2D eigenvalue weighted by Gasteiger charge is 2.25. The summed E-state index contributed by atoms with van der Waals surface area (Å²) in [7, 11) is 0. The van der Waals surface area contributed by atoms with Crippen LogP contribution in [-0.4, -0.2) is 36.2 Å².